The fourth-order valence-electron chi connectivity index (χ4n) is 2.91. The summed E-state index contributed by atoms with van der Waals surface area (Å²) in [6.07, 6.45) is 0. The van der Waals surface area contributed by atoms with Gasteiger partial charge in [0.1, 0.15) is 11.9 Å². The molecule has 0 fully saturated rings. The van der Waals surface area contributed by atoms with E-state index in [1.165, 1.54) is 0 Å². The minimum Gasteiger partial charge on any atom is -0.463 e. The molecule has 1 aliphatic heterocycles. The maximum atomic E-state index is 12.5. The number of hydrogen-bond donors (Lipinski definition) is 1. The number of hydrogen-bond acceptors (Lipinski definition) is 5. The van der Waals surface area contributed by atoms with E-state index >= 15 is 0 Å². The Hall–Kier alpha value is -3.39. The first-order chi connectivity index (χ1) is 12.6. The summed E-state index contributed by atoms with van der Waals surface area (Å²) in [6.45, 7) is 3.90. The molecule has 1 heterocycles. The molecule has 1 unspecified atom stereocenters. The molecule has 2 aromatic rings. The molecule has 130 valence electrons. The minimum atomic E-state index is -0.529. The number of nitrogens with zero attached hydrogens (tertiary/aromatic N) is 2. The van der Waals surface area contributed by atoms with Crippen molar-refractivity contribution in [1.29, 1.82) is 5.26 Å². The Bertz CT molecular complexity index is 924. The molecule has 0 spiro atoms. The maximum absolute atomic E-state index is 12.5. The van der Waals surface area contributed by atoms with Gasteiger partial charge in [0.25, 0.3) is 0 Å². The van der Waals surface area contributed by atoms with Gasteiger partial charge in [0.2, 0.25) is 0 Å². The van der Waals surface area contributed by atoms with Crippen LogP contribution >= 0.6 is 0 Å². The molecule has 1 aliphatic rings. The molecule has 5 nitrogen and oxygen atoms in total. The van der Waals surface area contributed by atoms with Crippen LogP contribution in [0.25, 0.3) is 0 Å². The lowest BCUT2D eigenvalue weighted by Crippen LogP contribution is -2.32. The zero-order valence-electron chi connectivity index (χ0n) is 14.7. The second-order valence-electron chi connectivity index (χ2n) is 5.87. The predicted octanol–water partition coefficient (Wildman–Crippen LogP) is 3.49. The summed E-state index contributed by atoms with van der Waals surface area (Å²) < 4.78 is 5.23. The number of carbonyl (C=O) groups is 1. The van der Waals surface area contributed by atoms with Gasteiger partial charge in [-0.3, -0.25) is 4.99 Å². The average Bonchev–Trinajstić information content (AvgIpc) is 2.68. The summed E-state index contributed by atoms with van der Waals surface area (Å²) in [4.78, 5) is 17.3. The molecule has 0 saturated carbocycles. The summed E-state index contributed by atoms with van der Waals surface area (Å²) in [7, 11) is 0. The third-order valence-corrected chi connectivity index (χ3v) is 4.12. The third kappa shape index (κ3) is 3.50. The Morgan fingerprint density at radius 2 is 2.00 bits per heavy atom. The number of nitrogens with one attached hydrogen (secondary N) is 1. The van der Waals surface area contributed by atoms with Crippen molar-refractivity contribution < 1.29 is 9.53 Å². The van der Waals surface area contributed by atoms with Crippen LogP contribution in [0.1, 0.15) is 36.6 Å². The van der Waals surface area contributed by atoms with Crippen molar-refractivity contribution in [3.05, 3.63) is 82.6 Å². The van der Waals surface area contributed by atoms with Crippen LogP contribution in [-0.2, 0) is 9.53 Å². The fraction of sp³-hybridized carbons (Fsp3) is 0.190. The highest BCUT2D eigenvalue weighted by molar-refractivity contribution is 6.03. The monoisotopic (exact) mass is 345 g/mol. The Morgan fingerprint density at radius 3 is 2.69 bits per heavy atom. The average molecular weight is 345 g/mol. The molecule has 0 radical (unpaired) electrons. The molecule has 0 saturated heterocycles. The SMILES string of the molecule is CCOC(=O)C1=C(C)NC(c2ccccc2)=NC1c1cccc(C#N)c1. The van der Waals surface area contributed by atoms with Gasteiger partial charge in [-0.2, -0.15) is 5.26 Å². The number of esters is 1. The van der Waals surface area contributed by atoms with Gasteiger partial charge in [-0.05, 0) is 31.5 Å². The molecular formula is C21H19N3O2. The Balaban J connectivity index is 2.10. The van der Waals surface area contributed by atoms with Gasteiger partial charge < -0.3 is 10.1 Å². The van der Waals surface area contributed by atoms with Crippen LogP contribution in [0.15, 0.2) is 70.9 Å². The standard InChI is InChI=1S/C21H19N3O2/c1-3-26-21(25)18-14(2)23-20(16-9-5-4-6-10-16)24-19(18)17-11-7-8-15(12-17)13-22/h4-12,19H,3H2,1-2H3,(H,23,24). The topological polar surface area (TPSA) is 74.5 Å². The summed E-state index contributed by atoms with van der Waals surface area (Å²) in [5.41, 5.74) is 3.39. The zero-order chi connectivity index (χ0) is 18.5. The van der Waals surface area contributed by atoms with Crippen LogP contribution in [0, 0.1) is 11.3 Å². The van der Waals surface area contributed by atoms with Gasteiger partial charge in [0.05, 0.1) is 23.8 Å². The highest BCUT2D eigenvalue weighted by Gasteiger charge is 2.30. The number of nitriles is 1. The van der Waals surface area contributed by atoms with Gasteiger partial charge in [0, 0.05) is 11.3 Å². The second-order valence-corrected chi connectivity index (χ2v) is 5.87. The van der Waals surface area contributed by atoms with Crippen molar-refractivity contribution >= 4 is 11.8 Å². The third-order valence-electron chi connectivity index (χ3n) is 4.12. The number of allylic oxidation sites excluding steroid dienone is 1. The molecule has 26 heavy (non-hydrogen) atoms. The summed E-state index contributed by atoms with van der Waals surface area (Å²) >= 11 is 0. The van der Waals surface area contributed by atoms with E-state index in [0.29, 0.717) is 22.7 Å². The smallest absolute Gasteiger partial charge is 0.338 e. The van der Waals surface area contributed by atoms with Crippen molar-refractivity contribution in [3.63, 3.8) is 0 Å². The van der Waals surface area contributed by atoms with Crippen LogP contribution < -0.4 is 5.32 Å². The van der Waals surface area contributed by atoms with Crippen LogP contribution in [0.3, 0.4) is 0 Å². The second kappa shape index (κ2) is 7.66. The van der Waals surface area contributed by atoms with Gasteiger partial charge in [0.15, 0.2) is 0 Å². The lowest BCUT2D eigenvalue weighted by molar-refractivity contribution is -0.138. The zero-order valence-corrected chi connectivity index (χ0v) is 14.7. The molecule has 0 aromatic heterocycles. The summed E-state index contributed by atoms with van der Waals surface area (Å²) in [5.74, 6) is 0.282. The molecule has 1 atom stereocenters. The van der Waals surface area contributed by atoms with E-state index in [2.05, 4.69) is 11.4 Å². The first-order valence-corrected chi connectivity index (χ1v) is 8.42. The molecule has 0 bridgehead atoms. The molecule has 1 N–H and O–H groups in total. The lowest BCUT2D eigenvalue weighted by Gasteiger charge is -2.26. The number of carbonyl (C=O) groups excluding carboxylic acids is 1. The molecular weight excluding hydrogens is 326 g/mol. The Labute approximate surface area is 152 Å². The number of ether oxygens (including phenoxy) is 1. The largest absolute Gasteiger partial charge is 0.463 e. The van der Waals surface area contributed by atoms with Crippen molar-refractivity contribution in [2.24, 2.45) is 4.99 Å². The van der Waals surface area contributed by atoms with Gasteiger partial charge >= 0.3 is 5.97 Å². The fourth-order valence-corrected chi connectivity index (χ4v) is 2.91. The van der Waals surface area contributed by atoms with Crippen molar-refractivity contribution in [2.75, 3.05) is 6.61 Å². The van der Waals surface area contributed by atoms with Crippen LogP contribution in [0.2, 0.25) is 0 Å². The number of rotatable bonds is 4. The number of amidine groups is 1. The summed E-state index contributed by atoms with van der Waals surface area (Å²) in [5, 5.41) is 12.4. The number of aliphatic imine (C=N–C) groups is 1. The first kappa shape index (κ1) is 17.4. The Kier molecular flexibility index (Phi) is 5.14. The highest BCUT2D eigenvalue weighted by Crippen LogP contribution is 2.32. The maximum Gasteiger partial charge on any atom is 0.338 e. The van der Waals surface area contributed by atoms with E-state index in [1.54, 1.807) is 25.1 Å². The number of benzene rings is 2. The van der Waals surface area contributed by atoms with Crippen molar-refractivity contribution in [1.82, 2.24) is 5.32 Å². The van der Waals surface area contributed by atoms with Gasteiger partial charge in [-0.15, -0.1) is 0 Å². The van der Waals surface area contributed by atoms with E-state index in [-0.39, 0.29) is 6.61 Å². The predicted molar refractivity (Wildman–Crippen MR) is 99.3 cm³/mol. The van der Waals surface area contributed by atoms with Gasteiger partial charge in [-0.25, -0.2) is 4.79 Å². The quantitative estimate of drug-likeness (QED) is 0.861. The summed E-state index contributed by atoms with van der Waals surface area (Å²) in [6, 6.07) is 18.5. The van der Waals surface area contributed by atoms with E-state index in [0.717, 1.165) is 11.1 Å². The van der Waals surface area contributed by atoms with E-state index in [4.69, 9.17) is 9.73 Å². The van der Waals surface area contributed by atoms with E-state index < -0.39 is 12.0 Å². The van der Waals surface area contributed by atoms with Crippen molar-refractivity contribution in [3.8, 4) is 6.07 Å². The lowest BCUT2D eigenvalue weighted by atomic mass is 9.94. The Morgan fingerprint density at radius 1 is 1.23 bits per heavy atom. The van der Waals surface area contributed by atoms with Crippen LogP contribution in [0.5, 0.6) is 0 Å². The minimum absolute atomic E-state index is 0.288. The first-order valence-electron chi connectivity index (χ1n) is 8.42. The van der Waals surface area contributed by atoms with Crippen molar-refractivity contribution in [2.45, 2.75) is 19.9 Å². The molecule has 0 aliphatic carbocycles. The molecule has 5 heteroatoms. The molecule has 2 aromatic carbocycles. The van der Waals surface area contributed by atoms with E-state index in [1.807, 2.05) is 43.3 Å². The van der Waals surface area contributed by atoms with Crippen LogP contribution in [0.4, 0.5) is 0 Å². The highest BCUT2D eigenvalue weighted by atomic mass is 16.5. The molecule has 0 amide bonds. The molecule has 3 rings (SSSR count). The van der Waals surface area contributed by atoms with E-state index in [9.17, 15) is 10.1 Å². The normalized spacial score (nSPS) is 16.3. The van der Waals surface area contributed by atoms with Crippen LogP contribution in [-0.4, -0.2) is 18.4 Å². The van der Waals surface area contributed by atoms with Gasteiger partial charge in [-0.1, -0.05) is 42.5 Å².